The minimum absolute atomic E-state index is 0.0151. The van der Waals surface area contributed by atoms with Crippen LogP contribution in [0, 0.1) is 0 Å². The topological polar surface area (TPSA) is 79.7 Å². The number of ketones is 1. The SMILES string of the molecule is COc1ccc2nc(N3C(=O)C(O)=C(C(=O)C=Cc4ccccc4)C3c3ccc(Br)cc3)sc2c1. The normalized spacial score (nSPS) is 16.0. The van der Waals surface area contributed by atoms with E-state index in [0.29, 0.717) is 22.0 Å². The highest BCUT2D eigenvalue weighted by atomic mass is 79.9. The van der Waals surface area contributed by atoms with Crippen LogP contribution < -0.4 is 9.64 Å². The number of aliphatic hydroxyl groups excluding tert-OH is 1. The number of amides is 1. The van der Waals surface area contributed by atoms with Crippen molar-refractivity contribution >= 4 is 60.4 Å². The van der Waals surface area contributed by atoms with E-state index in [0.717, 1.165) is 14.7 Å². The van der Waals surface area contributed by atoms with Crippen LogP contribution in [-0.4, -0.2) is 28.9 Å². The number of benzene rings is 3. The number of hydrogen-bond acceptors (Lipinski definition) is 6. The number of ether oxygens (including phenoxy) is 1. The van der Waals surface area contributed by atoms with Crippen molar-refractivity contribution in [3.8, 4) is 5.75 Å². The van der Waals surface area contributed by atoms with Crippen molar-refractivity contribution < 1.29 is 19.4 Å². The van der Waals surface area contributed by atoms with E-state index in [-0.39, 0.29) is 5.57 Å². The number of allylic oxidation sites excluding steroid dienone is 1. The lowest BCUT2D eigenvalue weighted by atomic mass is 9.96. The minimum atomic E-state index is -0.828. The maximum absolute atomic E-state index is 13.3. The predicted molar refractivity (Wildman–Crippen MR) is 141 cm³/mol. The zero-order valence-electron chi connectivity index (χ0n) is 18.5. The monoisotopic (exact) mass is 546 g/mol. The number of methoxy groups -OCH3 is 1. The molecule has 3 aromatic carbocycles. The average Bonchev–Trinajstić information content (AvgIpc) is 3.41. The number of nitrogens with zero attached hydrogens (tertiary/aromatic N) is 2. The Bertz CT molecular complexity index is 1490. The number of carbonyl (C=O) groups is 2. The summed E-state index contributed by atoms with van der Waals surface area (Å²) in [6.45, 7) is 0. The lowest BCUT2D eigenvalue weighted by Gasteiger charge is -2.24. The van der Waals surface area contributed by atoms with E-state index < -0.39 is 23.5 Å². The predicted octanol–water partition coefficient (Wildman–Crippen LogP) is 6.25. The molecule has 0 saturated carbocycles. The summed E-state index contributed by atoms with van der Waals surface area (Å²) in [6.07, 6.45) is 3.05. The minimum Gasteiger partial charge on any atom is -0.503 e. The van der Waals surface area contributed by atoms with Gasteiger partial charge in [0.05, 0.1) is 28.9 Å². The fourth-order valence-corrected chi connectivity index (χ4v) is 5.25. The van der Waals surface area contributed by atoms with Gasteiger partial charge in [0.1, 0.15) is 5.75 Å². The molecule has 0 saturated heterocycles. The highest BCUT2D eigenvalue weighted by Crippen LogP contribution is 2.44. The molecular weight excluding hydrogens is 528 g/mol. The van der Waals surface area contributed by atoms with E-state index in [1.54, 1.807) is 19.3 Å². The zero-order valence-corrected chi connectivity index (χ0v) is 20.9. The van der Waals surface area contributed by atoms with E-state index in [9.17, 15) is 14.7 Å². The van der Waals surface area contributed by atoms with Crippen molar-refractivity contribution in [3.05, 3.63) is 106 Å². The van der Waals surface area contributed by atoms with Gasteiger partial charge in [-0.3, -0.25) is 14.5 Å². The molecule has 8 heteroatoms. The van der Waals surface area contributed by atoms with Crippen LogP contribution in [0.2, 0.25) is 0 Å². The van der Waals surface area contributed by atoms with Crippen molar-refractivity contribution in [2.75, 3.05) is 12.0 Å². The summed E-state index contributed by atoms with van der Waals surface area (Å²) >= 11 is 4.72. The fourth-order valence-electron chi connectivity index (χ4n) is 3.96. The third-order valence-electron chi connectivity index (χ3n) is 5.68. The van der Waals surface area contributed by atoms with Crippen LogP contribution in [0.3, 0.4) is 0 Å². The summed E-state index contributed by atoms with van der Waals surface area (Å²) < 4.78 is 6.98. The van der Waals surface area contributed by atoms with Gasteiger partial charge >= 0.3 is 0 Å². The van der Waals surface area contributed by atoms with Crippen molar-refractivity contribution in [1.29, 1.82) is 0 Å². The highest BCUT2D eigenvalue weighted by molar-refractivity contribution is 9.10. The fraction of sp³-hybridized carbons (Fsp3) is 0.0741. The number of anilines is 1. The molecule has 35 heavy (non-hydrogen) atoms. The van der Waals surface area contributed by atoms with Crippen LogP contribution in [0.4, 0.5) is 5.13 Å². The summed E-state index contributed by atoms with van der Waals surface area (Å²) in [4.78, 5) is 32.7. The Labute approximate surface area is 213 Å². The Morgan fingerprint density at radius 2 is 1.86 bits per heavy atom. The maximum Gasteiger partial charge on any atom is 0.296 e. The molecule has 0 fully saturated rings. The molecule has 0 bridgehead atoms. The second-order valence-corrected chi connectivity index (χ2v) is 9.75. The van der Waals surface area contributed by atoms with Gasteiger partial charge in [0.25, 0.3) is 5.91 Å². The summed E-state index contributed by atoms with van der Waals surface area (Å²) in [6, 6.07) is 21.3. The van der Waals surface area contributed by atoms with E-state index in [2.05, 4.69) is 20.9 Å². The molecule has 0 aliphatic carbocycles. The van der Waals surface area contributed by atoms with Crippen LogP contribution in [0.25, 0.3) is 16.3 Å². The molecule has 1 N–H and O–H groups in total. The summed E-state index contributed by atoms with van der Waals surface area (Å²) in [7, 11) is 1.58. The Hall–Kier alpha value is -3.75. The average molecular weight is 547 g/mol. The lowest BCUT2D eigenvalue weighted by molar-refractivity contribution is -0.117. The number of aromatic nitrogens is 1. The number of thiazole rings is 1. The van der Waals surface area contributed by atoms with Crippen LogP contribution in [0.15, 0.2) is 94.7 Å². The Kier molecular flexibility index (Phi) is 6.23. The zero-order chi connectivity index (χ0) is 24.5. The van der Waals surface area contributed by atoms with E-state index >= 15 is 0 Å². The number of rotatable bonds is 6. The molecule has 5 rings (SSSR count). The Balaban J connectivity index is 1.60. The van der Waals surface area contributed by atoms with Crippen molar-refractivity contribution in [3.63, 3.8) is 0 Å². The third kappa shape index (κ3) is 4.38. The molecule has 0 spiro atoms. The molecule has 2 heterocycles. The molecule has 1 aliphatic heterocycles. The van der Waals surface area contributed by atoms with Gasteiger partial charge in [0, 0.05) is 4.47 Å². The first-order valence-corrected chi connectivity index (χ1v) is 12.3. The van der Waals surface area contributed by atoms with E-state index in [4.69, 9.17) is 4.74 Å². The first-order valence-electron chi connectivity index (χ1n) is 10.7. The van der Waals surface area contributed by atoms with E-state index in [1.807, 2.05) is 66.7 Å². The molecule has 6 nitrogen and oxygen atoms in total. The van der Waals surface area contributed by atoms with Crippen LogP contribution >= 0.6 is 27.3 Å². The van der Waals surface area contributed by atoms with Gasteiger partial charge in [-0.2, -0.15) is 0 Å². The Morgan fingerprint density at radius 1 is 1.11 bits per heavy atom. The van der Waals surface area contributed by atoms with Crippen molar-refractivity contribution in [1.82, 2.24) is 4.98 Å². The Morgan fingerprint density at radius 3 is 2.57 bits per heavy atom. The number of halogens is 1. The molecule has 4 aromatic rings. The van der Waals surface area contributed by atoms with Gasteiger partial charge in [-0.1, -0.05) is 75.8 Å². The second kappa shape index (κ2) is 9.48. The maximum atomic E-state index is 13.3. The van der Waals surface area contributed by atoms with Gasteiger partial charge < -0.3 is 9.84 Å². The lowest BCUT2D eigenvalue weighted by Crippen LogP contribution is -2.30. The van der Waals surface area contributed by atoms with Gasteiger partial charge in [-0.15, -0.1) is 0 Å². The van der Waals surface area contributed by atoms with Crippen molar-refractivity contribution in [2.45, 2.75) is 6.04 Å². The standard InChI is InChI=1S/C27H19BrN2O4S/c1-34-19-12-13-20-22(15-19)35-27(29-20)30-24(17-8-10-18(28)11-9-17)23(25(32)26(30)33)21(31)14-7-16-5-3-2-4-6-16/h2-15,24,32H,1H3. The summed E-state index contributed by atoms with van der Waals surface area (Å²) in [5.74, 6) is -1.01. The number of hydrogen-bond donors (Lipinski definition) is 1. The van der Waals surface area contributed by atoms with Crippen LogP contribution in [-0.2, 0) is 9.59 Å². The largest absolute Gasteiger partial charge is 0.503 e. The highest BCUT2D eigenvalue weighted by Gasteiger charge is 2.45. The second-order valence-electron chi connectivity index (χ2n) is 7.83. The number of aliphatic hydroxyl groups is 1. The van der Waals surface area contributed by atoms with Gasteiger partial charge in [0.15, 0.2) is 16.7 Å². The molecular formula is C27H19BrN2O4S. The van der Waals surface area contributed by atoms with Crippen molar-refractivity contribution in [2.24, 2.45) is 0 Å². The molecule has 1 amide bonds. The summed E-state index contributed by atoms with van der Waals surface area (Å²) in [5.41, 5.74) is 2.22. The van der Waals surface area contributed by atoms with Crippen LogP contribution in [0.1, 0.15) is 17.2 Å². The smallest absolute Gasteiger partial charge is 0.296 e. The quantitative estimate of drug-likeness (QED) is 0.289. The summed E-state index contributed by atoms with van der Waals surface area (Å²) in [5, 5.41) is 11.3. The van der Waals surface area contributed by atoms with Gasteiger partial charge in [-0.05, 0) is 47.5 Å². The number of fused-ring (bicyclic) bond motifs is 1. The molecule has 1 atom stereocenters. The first-order chi connectivity index (χ1) is 17.0. The van der Waals surface area contributed by atoms with Crippen LogP contribution in [0.5, 0.6) is 5.75 Å². The molecule has 0 radical (unpaired) electrons. The van der Waals surface area contributed by atoms with Gasteiger partial charge in [0.2, 0.25) is 0 Å². The third-order valence-corrected chi connectivity index (χ3v) is 7.22. The molecule has 1 unspecified atom stereocenters. The molecule has 1 aromatic heterocycles. The first kappa shape index (κ1) is 23.0. The molecule has 174 valence electrons. The van der Waals surface area contributed by atoms with E-state index in [1.165, 1.54) is 22.3 Å². The van der Waals surface area contributed by atoms with Gasteiger partial charge in [-0.25, -0.2) is 4.98 Å². The molecule has 1 aliphatic rings. The number of carbonyl (C=O) groups excluding carboxylic acids is 2.